The van der Waals surface area contributed by atoms with Crippen molar-refractivity contribution in [3.05, 3.63) is 34.9 Å². The van der Waals surface area contributed by atoms with Gasteiger partial charge in [-0.15, -0.1) is 0 Å². The molecule has 3 unspecified atom stereocenters. The fraction of sp³-hybridized carbons (Fsp3) is 0.632. The first kappa shape index (κ1) is 17.0. The number of hydrogen-bond donors (Lipinski definition) is 1. The predicted molar refractivity (Wildman–Crippen MR) is 94.7 cm³/mol. The molecular formula is C19H25NO4S. The average Bonchev–Trinajstić information content (AvgIpc) is 2.61. The van der Waals surface area contributed by atoms with E-state index in [1.165, 1.54) is 0 Å². The van der Waals surface area contributed by atoms with Crippen molar-refractivity contribution in [2.24, 2.45) is 5.92 Å². The smallest absolute Gasteiger partial charge is 0.238 e. The molecule has 25 heavy (non-hydrogen) atoms. The number of carbonyl (C=O) groups excluding carboxylic acids is 1. The standard InChI is InChI=1S/C19H25NO4S/c21-19-18(10-13-4-1-2-7-17(13)20-19)25(22,23)12-15-6-3-5-14-11-24-9-8-16(14)15/h3,5-6,13,17-18H,1-2,4,7-12H2,(H,20,21). The lowest BCUT2D eigenvalue weighted by atomic mass is 9.79. The largest absolute Gasteiger partial charge is 0.376 e. The van der Waals surface area contributed by atoms with E-state index >= 15 is 0 Å². The minimum Gasteiger partial charge on any atom is -0.376 e. The van der Waals surface area contributed by atoms with Crippen LogP contribution in [0.25, 0.3) is 0 Å². The van der Waals surface area contributed by atoms with Crippen molar-refractivity contribution in [3.63, 3.8) is 0 Å². The molecule has 0 radical (unpaired) electrons. The maximum absolute atomic E-state index is 13.0. The third-order valence-corrected chi connectivity index (χ3v) is 7.95. The Morgan fingerprint density at radius 2 is 2.04 bits per heavy atom. The normalized spacial score (nSPS) is 29.4. The van der Waals surface area contributed by atoms with Crippen LogP contribution in [0, 0.1) is 5.92 Å². The molecule has 3 aliphatic rings. The molecule has 136 valence electrons. The molecule has 5 nitrogen and oxygen atoms in total. The number of benzene rings is 1. The zero-order valence-corrected chi connectivity index (χ0v) is 15.2. The summed E-state index contributed by atoms with van der Waals surface area (Å²) in [7, 11) is -3.52. The highest BCUT2D eigenvalue weighted by Crippen LogP contribution is 2.34. The maximum atomic E-state index is 13.0. The quantitative estimate of drug-likeness (QED) is 0.893. The van der Waals surface area contributed by atoms with Crippen LogP contribution in [0.15, 0.2) is 18.2 Å². The number of fused-ring (bicyclic) bond motifs is 2. The zero-order valence-electron chi connectivity index (χ0n) is 14.4. The van der Waals surface area contributed by atoms with Crippen LogP contribution in [-0.4, -0.2) is 32.2 Å². The molecule has 2 heterocycles. The molecule has 0 bridgehead atoms. The Morgan fingerprint density at radius 1 is 1.20 bits per heavy atom. The third-order valence-electron chi connectivity index (χ3n) is 5.96. The Hall–Kier alpha value is -1.40. The molecule has 1 saturated carbocycles. The molecule has 6 heteroatoms. The molecule has 3 atom stereocenters. The monoisotopic (exact) mass is 363 g/mol. The zero-order chi connectivity index (χ0) is 17.4. The summed E-state index contributed by atoms with van der Waals surface area (Å²) in [5.41, 5.74) is 2.99. The number of carbonyl (C=O) groups is 1. The second-order valence-electron chi connectivity index (χ2n) is 7.55. The van der Waals surface area contributed by atoms with Crippen LogP contribution in [0.4, 0.5) is 0 Å². The van der Waals surface area contributed by atoms with Gasteiger partial charge in [0.1, 0.15) is 5.25 Å². The van der Waals surface area contributed by atoms with Gasteiger partial charge in [0.25, 0.3) is 0 Å². The molecule has 1 aliphatic carbocycles. The number of rotatable bonds is 3. The van der Waals surface area contributed by atoms with Gasteiger partial charge in [0.2, 0.25) is 5.91 Å². The molecule has 0 aromatic heterocycles. The molecule has 0 spiro atoms. The van der Waals surface area contributed by atoms with E-state index in [-0.39, 0.29) is 17.7 Å². The number of amides is 1. The summed E-state index contributed by atoms with van der Waals surface area (Å²) in [6, 6.07) is 5.93. The third kappa shape index (κ3) is 3.34. The van der Waals surface area contributed by atoms with E-state index < -0.39 is 15.1 Å². The Labute approximate surface area is 149 Å². The molecule has 1 amide bonds. The molecular weight excluding hydrogens is 338 g/mol. The van der Waals surface area contributed by atoms with Crippen molar-refractivity contribution in [1.82, 2.24) is 5.32 Å². The van der Waals surface area contributed by atoms with E-state index in [0.29, 0.717) is 25.6 Å². The summed E-state index contributed by atoms with van der Waals surface area (Å²) in [5, 5.41) is 2.08. The van der Waals surface area contributed by atoms with E-state index in [4.69, 9.17) is 4.74 Å². The highest BCUT2D eigenvalue weighted by molar-refractivity contribution is 7.92. The summed E-state index contributed by atoms with van der Waals surface area (Å²) in [4.78, 5) is 12.5. The number of hydrogen-bond acceptors (Lipinski definition) is 4. The fourth-order valence-corrected chi connectivity index (χ4v) is 6.44. The van der Waals surface area contributed by atoms with Gasteiger partial charge >= 0.3 is 0 Å². The van der Waals surface area contributed by atoms with E-state index in [0.717, 1.165) is 48.8 Å². The van der Waals surface area contributed by atoms with Crippen LogP contribution in [0.2, 0.25) is 0 Å². The van der Waals surface area contributed by atoms with Gasteiger partial charge in [0, 0.05) is 6.04 Å². The number of ether oxygens (including phenoxy) is 1. The van der Waals surface area contributed by atoms with Gasteiger partial charge in [-0.25, -0.2) is 8.42 Å². The van der Waals surface area contributed by atoms with Gasteiger partial charge in [-0.3, -0.25) is 4.79 Å². The van der Waals surface area contributed by atoms with Crippen LogP contribution in [0.1, 0.15) is 48.8 Å². The lowest BCUT2D eigenvalue weighted by Crippen LogP contribution is -2.55. The van der Waals surface area contributed by atoms with Crippen LogP contribution in [0.5, 0.6) is 0 Å². The second-order valence-corrected chi connectivity index (χ2v) is 9.73. The Kier molecular flexibility index (Phi) is 4.58. The van der Waals surface area contributed by atoms with Crippen molar-refractivity contribution in [1.29, 1.82) is 0 Å². The van der Waals surface area contributed by atoms with Gasteiger partial charge in [0.15, 0.2) is 9.84 Å². The Morgan fingerprint density at radius 3 is 2.92 bits per heavy atom. The first-order chi connectivity index (χ1) is 12.0. The Bertz CT molecular complexity index is 774. The molecule has 2 aliphatic heterocycles. The minimum atomic E-state index is -3.52. The topological polar surface area (TPSA) is 72.5 Å². The molecule has 2 fully saturated rings. The summed E-state index contributed by atoms with van der Waals surface area (Å²) in [5.74, 6) is -0.0355. The molecule has 1 aromatic rings. The first-order valence-electron chi connectivity index (χ1n) is 9.24. The molecule has 4 rings (SSSR count). The summed E-state index contributed by atoms with van der Waals surface area (Å²) in [6.45, 7) is 1.16. The van der Waals surface area contributed by atoms with E-state index in [2.05, 4.69) is 5.32 Å². The maximum Gasteiger partial charge on any atom is 0.238 e. The van der Waals surface area contributed by atoms with Gasteiger partial charge in [-0.2, -0.15) is 0 Å². The predicted octanol–water partition coefficient (Wildman–Crippen LogP) is 2.12. The SMILES string of the molecule is O=C1NC2CCCCC2CC1S(=O)(=O)Cc1cccc2c1CCOC2. The number of piperidine rings is 1. The van der Waals surface area contributed by atoms with Gasteiger partial charge in [-0.05, 0) is 48.3 Å². The second kappa shape index (κ2) is 6.72. The lowest BCUT2D eigenvalue weighted by molar-refractivity contribution is -0.124. The van der Waals surface area contributed by atoms with Gasteiger partial charge in [0.05, 0.1) is 19.0 Å². The van der Waals surface area contributed by atoms with Crippen LogP contribution >= 0.6 is 0 Å². The van der Waals surface area contributed by atoms with E-state index in [1.807, 2.05) is 18.2 Å². The molecule has 1 aromatic carbocycles. The summed E-state index contributed by atoms with van der Waals surface area (Å²) >= 11 is 0. The minimum absolute atomic E-state index is 0.0500. The molecule has 1 N–H and O–H groups in total. The van der Waals surface area contributed by atoms with Crippen molar-refractivity contribution in [2.45, 2.75) is 62.2 Å². The lowest BCUT2D eigenvalue weighted by Gasteiger charge is -2.39. The molecule has 1 saturated heterocycles. The van der Waals surface area contributed by atoms with Gasteiger partial charge < -0.3 is 10.1 Å². The van der Waals surface area contributed by atoms with Crippen LogP contribution < -0.4 is 5.32 Å². The fourth-order valence-electron chi connectivity index (χ4n) is 4.60. The van der Waals surface area contributed by atoms with Crippen LogP contribution in [-0.2, 0) is 38.1 Å². The van der Waals surface area contributed by atoms with Gasteiger partial charge in [-0.1, -0.05) is 31.0 Å². The number of sulfone groups is 1. The summed E-state index contributed by atoms with van der Waals surface area (Å²) < 4.78 is 31.5. The summed E-state index contributed by atoms with van der Waals surface area (Å²) in [6.07, 6.45) is 5.48. The van der Waals surface area contributed by atoms with Crippen molar-refractivity contribution < 1.29 is 17.9 Å². The first-order valence-corrected chi connectivity index (χ1v) is 11.0. The van der Waals surface area contributed by atoms with Crippen molar-refractivity contribution in [2.75, 3.05) is 6.61 Å². The van der Waals surface area contributed by atoms with Crippen LogP contribution in [0.3, 0.4) is 0 Å². The van der Waals surface area contributed by atoms with E-state index in [9.17, 15) is 13.2 Å². The number of nitrogens with one attached hydrogen (secondary N) is 1. The van der Waals surface area contributed by atoms with Crippen molar-refractivity contribution >= 4 is 15.7 Å². The highest BCUT2D eigenvalue weighted by Gasteiger charge is 2.43. The highest BCUT2D eigenvalue weighted by atomic mass is 32.2. The van der Waals surface area contributed by atoms with Crippen molar-refractivity contribution in [3.8, 4) is 0 Å². The van der Waals surface area contributed by atoms with E-state index in [1.54, 1.807) is 0 Å². The Balaban J connectivity index is 1.57. The average molecular weight is 363 g/mol.